The number of hydrogen-bond acceptors (Lipinski definition) is 2. The second-order valence-corrected chi connectivity index (χ2v) is 2.58. The predicted molar refractivity (Wildman–Crippen MR) is 59.4 cm³/mol. The molecule has 0 spiro atoms. The van der Waals surface area contributed by atoms with E-state index in [1.807, 2.05) is 34.6 Å². The van der Waals surface area contributed by atoms with E-state index >= 15 is 0 Å². The maximum Gasteiger partial charge on any atom is 0.0753 e. The first-order valence-electron chi connectivity index (χ1n) is 5.48. The summed E-state index contributed by atoms with van der Waals surface area (Å²) in [7, 11) is 0. The van der Waals surface area contributed by atoms with Crippen molar-refractivity contribution in [2.24, 2.45) is 0 Å². The highest BCUT2D eigenvalue weighted by atomic mass is 16.5. The van der Waals surface area contributed by atoms with Gasteiger partial charge in [-0.15, -0.1) is 0 Å². The van der Waals surface area contributed by atoms with Crippen molar-refractivity contribution in [2.45, 2.75) is 47.6 Å². The minimum atomic E-state index is 0.734. The Labute approximate surface area is 86.9 Å². The molecule has 0 amide bonds. The summed E-state index contributed by atoms with van der Waals surface area (Å²) in [6, 6.07) is 0. The van der Waals surface area contributed by atoms with Gasteiger partial charge >= 0.3 is 0 Å². The highest BCUT2D eigenvalue weighted by Gasteiger charge is 2.13. The second kappa shape index (κ2) is 7.56. The first-order valence-corrected chi connectivity index (χ1v) is 5.48. The summed E-state index contributed by atoms with van der Waals surface area (Å²) in [5.74, 6) is 0. The minimum Gasteiger partial charge on any atom is -0.376 e. The van der Waals surface area contributed by atoms with E-state index in [1.165, 1.54) is 11.3 Å². The van der Waals surface area contributed by atoms with Crippen molar-refractivity contribution in [1.82, 2.24) is 10.2 Å². The molecule has 1 aliphatic rings. The van der Waals surface area contributed by atoms with E-state index < -0.39 is 0 Å². The molecular formula is C11H22N2O. The van der Waals surface area contributed by atoms with Crippen LogP contribution in [0.1, 0.15) is 44.6 Å². The zero-order valence-corrected chi connectivity index (χ0v) is 9.98. The molecule has 0 fully saturated rings. The number of nitrogens with one attached hydrogen (secondary N) is 1. The number of fused-ring (bicyclic) bond motifs is 1. The fraction of sp³-hybridized carbons (Fsp3) is 0.727. The van der Waals surface area contributed by atoms with E-state index in [0.717, 1.165) is 25.3 Å². The first kappa shape index (κ1) is 13.2. The summed E-state index contributed by atoms with van der Waals surface area (Å²) in [5.41, 5.74) is 3.59. The third kappa shape index (κ3) is 3.14. The summed E-state index contributed by atoms with van der Waals surface area (Å²) in [4.78, 5) is 0. The van der Waals surface area contributed by atoms with Crippen molar-refractivity contribution in [3.63, 3.8) is 0 Å². The highest BCUT2D eigenvalue weighted by molar-refractivity contribution is 5.24. The van der Waals surface area contributed by atoms with Crippen LogP contribution in [0.25, 0.3) is 0 Å². The SMILES string of the molecule is CC.CC.Cc1[nH]nc2c1COCC2. The van der Waals surface area contributed by atoms with Gasteiger partial charge in [0.1, 0.15) is 0 Å². The lowest BCUT2D eigenvalue weighted by molar-refractivity contribution is 0.110. The van der Waals surface area contributed by atoms with Crippen LogP contribution in [0, 0.1) is 6.92 Å². The van der Waals surface area contributed by atoms with Crippen LogP contribution >= 0.6 is 0 Å². The molecule has 0 saturated heterocycles. The monoisotopic (exact) mass is 198 g/mol. The standard InChI is InChI=1S/C7H10N2O.2C2H6/c1-5-6-4-10-3-2-7(6)9-8-5;2*1-2/h2-4H2,1H3,(H,8,9);2*1-2H3. The van der Waals surface area contributed by atoms with E-state index in [2.05, 4.69) is 10.2 Å². The van der Waals surface area contributed by atoms with Gasteiger partial charge in [-0.3, -0.25) is 5.10 Å². The van der Waals surface area contributed by atoms with Crippen LogP contribution in [0.15, 0.2) is 0 Å². The molecule has 82 valence electrons. The molecule has 2 heterocycles. The minimum absolute atomic E-state index is 0.734. The van der Waals surface area contributed by atoms with Crippen LogP contribution in [0.5, 0.6) is 0 Å². The third-order valence-corrected chi connectivity index (χ3v) is 1.89. The van der Waals surface area contributed by atoms with E-state index in [1.54, 1.807) is 0 Å². The quantitative estimate of drug-likeness (QED) is 0.696. The molecule has 3 nitrogen and oxygen atoms in total. The Morgan fingerprint density at radius 1 is 1.21 bits per heavy atom. The zero-order valence-electron chi connectivity index (χ0n) is 9.98. The van der Waals surface area contributed by atoms with Gasteiger partial charge in [-0.05, 0) is 6.92 Å². The number of rotatable bonds is 0. The zero-order chi connectivity index (χ0) is 11.0. The number of H-pyrrole nitrogens is 1. The number of hydrogen-bond donors (Lipinski definition) is 1. The van der Waals surface area contributed by atoms with Crippen molar-refractivity contribution < 1.29 is 4.74 Å². The van der Waals surface area contributed by atoms with Gasteiger partial charge in [0.25, 0.3) is 0 Å². The molecule has 1 aliphatic heterocycles. The average molecular weight is 198 g/mol. The Bertz CT molecular complexity index is 243. The van der Waals surface area contributed by atoms with E-state index in [0.29, 0.717) is 0 Å². The van der Waals surface area contributed by atoms with Crippen LogP contribution in [0.3, 0.4) is 0 Å². The lowest BCUT2D eigenvalue weighted by Gasteiger charge is -2.10. The lowest BCUT2D eigenvalue weighted by atomic mass is 10.1. The van der Waals surface area contributed by atoms with Gasteiger partial charge in [-0.1, -0.05) is 27.7 Å². The van der Waals surface area contributed by atoms with Gasteiger partial charge in [0.2, 0.25) is 0 Å². The van der Waals surface area contributed by atoms with Gasteiger partial charge in [0.05, 0.1) is 18.9 Å². The maximum absolute atomic E-state index is 5.28. The molecule has 1 aromatic rings. The predicted octanol–water partition coefficient (Wildman–Crippen LogP) is 2.84. The molecular weight excluding hydrogens is 176 g/mol. The van der Waals surface area contributed by atoms with Crippen LogP contribution < -0.4 is 0 Å². The first-order chi connectivity index (χ1) is 6.88. The van der Waals surface area contributed by atoms with Gasteiger partial charge in [-0.25, -0.2) is 0 Å². The largest absolute Gasteiger partial charge is 0.376 e. The average Bonchev–Trinajstić information content (AvgIpc) is 2.67. The third-order valence-electron chi connectivity index (χ3n) is 1.89. The molecule has 0 radical (unpaired) electrons. The van der Waals surface area contributed by atoms with Crippen LogP contribution in [0.4, 0.5) is 0 Å². The molecule has 14 heavy (non-hydrogen) atoms. The summed E-state index contributed by atoms with van der Waals surface area (Å²) in [6.07, 6.45) is 0.958. The Kier molecular flexibility index (Phi) is 7.11. The fourth-order valence-electron chi connectivity index (χ4n) is 1.24. The number of nitrogens with zero attached hydrogens (tertiary/aromatic N) is 1. The van der Waals surface area contributed by atoms with Gasteiger partial charge < -0.3 is 4.74 Å². The molecule has 1 N–H and O–H groups in total. The van der Waals surface area contributed by atoms with Gasteiger partial charge in [0, 0.05) is 17.7 Å². The molecule has 1 aromatic heterocycles. The van der Waals surface area contributed by atoms with Crippen molar-refractivity contribution in [2.75, 3.05) is 6.61 Å². The summed E-state index contributed by atoms with van der Waals surface area (Å²) in [5, 5.41) is 7.10. The molecule has 0 saturated carbocycles. The maximum atomic E-state index is 5.28. The highest BCUT2D eigenvalue weighted by Crippen LogP contribution is 2.16. The number of aryl methyl sites for hydroxylation is 1. The normalized spacial score (nSPS) is 12.9. The van der Waals surface area contributed by atoms with E-state index in [9.17, 15) is 0 Å². The van der Waals surface area contributed by atoms with Crippen molar-refractivity contribution in [3.8, 4) is 0 Å². The van der Waals surface area contributed by atoms with Crippen LogP contribution in [-0.4, -0.2) is 16.8 Å². The van der Waals surface area contributed by atoms with E-state index in [-0.39, 0.29) is 0 Å². The molecule has 2 rings (SSSR count). The topological polar surface area (TPSA) is 37.9 Å². The second-order valence-electron chi connectivity index (χ2n) is 2.58. The Hall–Kier alpha value is -0.830. The molecule has 3 heteroatoms. The van der Waals surface area contributed by atoms with Crippen LogP contribution in [0.2, 0.25) is 0 Å². The number of aromatic nitrogens is 2. The summed E-state index contributed by atoms with van der Waals surface area (Å²) in [6.45, 7) is 11.6. The van der Waals surface area contributed by atoms with Crippen molar-refractivity contribution >= 4 is 0 Å². The number of aromatic amines is 1. The van der Waals surface area contributed by atoms with Gasteiger partial charge in [0.15, 0.2) is 0 Å². The molecule has 0 unspecified atom stereocenters. The Morgan fingerprint density at radius 2 is 1.86 bits per heavy atom. The van der Waals surface area contributed by atoms with Crippen molar-refractivity contribution in [1.29, 1.82) is 0 Å². The Morgan fingerprint density at radius 3 is 2.43 bits per heavy atom. The lowest BCUT2D eigenvalue weighted by Crippen LogP contribution is -2.08. The van der Waals surface area contributed by atoms with Crippen LogP contribution in [-0.2, 0) is 17.8 Å². The summed E-state index contributed by atoms with van der Waals surface area (Å²) >= 11 is 0. The molecule has 0 aliphatic carbocycles. The smallest absolute Gasteiger partial charge is 0.0753 e. The Balaban J connectivity index is 0.000000379. The molecule has 0 atom stereocenters. The summed E-state index contributed by atoms with van der Waals surface area (Å²) < 4.78 is 5.28. The van der Waals surface area contributed by atoms with Gasteiger partial charge in [-0.2, -0.15) is 5.10 Å². The molecule has 0 aromatic carbocycles. The molecule has 0 bridgehead atoms. The van der Waals surface area contributed by atoms with Crippen molar-refractivity contribution in [3.05, 3.63) is 17.0 Å². The number of ether oxygens (including phenoxy) is 1. The van der Waals surface area contributed by atoms with E-state index in [4.69, 9.17) is 4.74 Å². The fourth-order valence-corrected chi connectivity index (χ4v) is 1.24.